The van der Waals surface area contributed by atoms with E-state index in [4.69, 9.17) is 9.47 Å². The van der Waals surface area contributed by atoms with Crippen LogP contribution in [-0.2, 0) is 4.79 Å². The number of unbranched alkanes of at least 4 members (excludes halogenated alkanes) is 12. The van der Waals surface area contributed by atoms with Crippen LogP contribution >= 0.6 is 0 Å². The van der Waals surface area contributed by atoms with Crippen LogP contribution in [0.2, 0.25) is 0 Å². The summed E-state index contributed by atoms with van der Waals surface area (Å²) in [5.74, 6) is -0.169. The Morgan fingerprint density at radius 3 is 2.10 bits per heavy atom. The van der Waals surface area contributed by atoms with Crippen molar-refractivity contribution in [2.45, 2.75) is 116 Å². The molecule has 1 unspecified atom stereocenters. The number of carbonyl (C=O) groups is 2. The molecule has 1 aromatic carbocycles. The summed E-state index contributed by atoms with van der Waals surface area (Å²) in [5, 5.41) is 10.1. The Balaban J connectivity index is 1.54. The second-order valence-electron chi connectivity index (χ2n) is 8.84. The average Bonchev–Trinajstić information content (AvgIpc) is 2.70. The minimum Gasteiger partial charge on any atom is -0.507 e. The van der Waals surface area contributed by atoms with E-state index in [1.165, 1.54) is 76.3 Å². The van der Waals surface area contributed by atoms with Gasteiger partial charge in [0.05, 0.1) is 0 Å². The Kier molecular flexibility index (Phi) is 11.5. The maximum atomic E-state index is 12.1. The zero-order chi connectivity index (χ0) is 22.5. The third kappa shape index (κ3) is 9.32. The number of phenolic OH excluding ortho intramolecular Hbond substituents is 1. The fourth-order valence-electron chi connectivity index (χ4n) is 4.10. The number of ether oxygens (including phenoxy) is 2. The van der Waals surface area contributed by atoms with Crippen LogP contribution in [0.3, 0.4) is 0 Å². The molecule has 1 heterocycles. The van der Waals surface area contributed by atoms with E-state index >= 15 is 0 Å². The van der Waals surface area contributed by atoms with E-state index in [9.17, 15) is 14.7 Å². The van der Waals surface area contributed by atoms with Crippen LogP contribution in [0.4, 0.5) is 0 Å². The van der Waals surface area contributed by atoms with Crippen molar-refractivity contribution >= 4 is 11.8 Å². The predicted molar refractivity (Wildman–Crippen MR) is 123 cm³/mol. The van der Waals surface area contributed by atoms with Crippen molar-refractivity contribution in [1.29, 1.82) is 0 Å². The monoisotopic (exact) mass is 432 g/mol. The number of rotatable bonds is 15. The first-order valence-electron chi connectivity index (χ1n) is 12.3. The van der Waals surface area contributed by atoms with Gasteiger partial charge in [-0.25, -0.2) is 0 Å². The highest BCUT2D eigenvalue weighted by molar-refractivity contribution is 6.02. The standard InChI is InChI=1S/C26H40O5/c1-3-4-5-6-7-8-9-10-11-12-13-14-15-16-25(29)31-21-18-23(28)26-22(27)17-20(2)30-24(26)19-21/h18-20,28H,3-17H2,1-2H3. The highest BCUT2D eigenvalue weighted by Gasteiger charge is 2.28. The van der Waals surface area contributed by atoms with Gasteiger partial charge in [0.1, 0.15) is 28.9 Å². The highest BCUT2D eigenvalue weighted by Crippen LogP contribution is 2.38. The van der Waals surface area contributed by atoms with Crippen LogP contribution in [0.5, 0.6) is 17.2 Å². The molecule has 1 aromatic rings. The van der Waals surface area contributed by atoms with Crippen LogP contribution in [0, 0.1) is 0 Å². The van der Waals surface area contributed by atoms with Crippen LogP contribution in [0.15, 0.2) is 12.1 Å². The number of hydrogen-bond donors (Lipinski definition) is 1. The van der Waals surface area contributed by atoms with Gasteiger partial charge in [-0.05, 0) is 13.3 Å². The maximum Gasteiger partial charge on any atom is 0.311 e. The summed E-state index contributed by atoms with van der Waals surface area (Å²) in [5.41, 5.74) is 0.175. The van der Waals surface area contributed by atoms with E-state index in [1.54, 1.807) is 6.92 Å². The smallest absolute Gasteiger partial charge is 0.311 e. The lowest BCUT2D eigenvalue weighted by molar-refractivity contribution is -0.134. The summed E-state index contributed by atoms with van der Waals surface area (Å²) in [6.45, 7) is 4.05. The van der Waals surface area contributed by atoms with Crippen molar-refractivity contribution in [2.75, 3.05) is 0 Å². The van der Waals surface area contributed by atoms with Crippen molar-refractivity contribution in [3.05, 3.63) is 17.7 Å². The number of hydrogen-bond acceptors (Lipinski definition) is 5. The van der Waals surface area contributed by atoms with Gasteiger partial charge in [0.2, 0.25) is 0 Å². The Morgan fingerprint density at radius 2 is 1.52 bits per heavy atom. The zero-order valence-electron chi connectivity index (χ0n) is 19.4. The number of Topliss-reactive ketones (excluding diaryl/α,β-unsaturated/α-hetero) is 1. The third-order valence-electron chi connectivity index (χ3n) is 5.85. The SMILES string of the molecule is CCCCCCCCCCCCCCCC(=O)Oc1cc(O)c2c(c1)OC(C)CC2=O. The molecule has 2 rings (SSSR count). The van der Waals surface area contributed by atoms with Gasteiger partial charge < -0.3 is 14.6 Å². The number of carbonyl (C=O) groups excluding carboxylic acids is 2. The van der Waals surface area contributed by atoms with Crippen LogP contribution in [0.25, 0.3) is 0 Å². The van der Waals surface area contributed by atoms with Gasteiger partial charge in [-0.1, -0.05) is 84.0 Å². The van der Waals surface area contributed by atoms with Crippen molar-refractivity contribution in [3.63, 3.8) is 0 Å². The number of phenols is 1. The average molecular weight is 433 g/mol. The van der Waals surface area contributed by atoms with Crippen molar-refractivity contribution in [3.8, 4) is 17.2 Å². The van der Waals surface area contributed by atoms with Gasteiger partial charge in [0.25, 0.3) is 0 Å². The number of aromatic hydroxyl groups is 1. The topological polar surface area (TPSA) is 72.8 Å². The van der Waals surface area contributed by atoms with Gasteiger partial charge in [-0.2, -0.15) is 0 Å². The van der Waals surface area contributed by atoms with Gasteiger partial charge in [-0.15, -0.1) is 0 Å². The molecule has 0 aromatic heterocycles. The van der Waals surface area contributed by atoms with Crippen LogP contribution < -0.4 is 9.47 Å². The van der Waals surface area contributed by atoms with Crippen molar-refractivity contribution in [2.24, 2.45) is 0 Å². The Morgan fingerprint density at radius 1 is 0.968 bits per heavy atom. The third-order valence-corrected chi connectivity index (χ3v) is 5.85. The van der Waals surface area contributed by atoms with E-state index in [1.807, 2.05) is 0 Å². The maximum absolute atomic E-state index is 12.1. The zero-order valence-corrected chi connectivity index (χ0v) is 19.4. The Labute approximate surface area is 187 Å². The molecule has 1 N–H and O–H groups in total. The number of esters is 1. The molecule has 1 atom stereocenters. The quantitative estimate of drug-likeness (QED) is 0.181. The van der Waals surface area contributed by atoms with Gasteiger partial charge in [-0.3, -0.25) is 9.59 Å². The minimum absolute atomic E-state index is 0.156. The Bertz CT molecular complexity index is 697. The Hall–Kier alpha value is -2.04. The summed E-state index contributed by atoms with van der Waals surface area (Å²) in [7, 11) is 0. The first-order chi connectivity index (χ1) is 15.0. The van der Waals surface area contributed by atoms with E-state index < -0.39 is 0 Å². The second-order valence-corrected chi connectivity index (χ2v) is 8.84. The summed E-state index contributed by atoms with van der Waals surface area (Å²) < 4.78 is 11.0. The normalized spacial score (nSPS) is 15.4. The second kappa shape index (κ2) is 14.1. The lowest BCUT2D eigenvalue weighted by atomic mass is 10.00. The van der Waals surface area contributed by atoms with Gasteiger partial charge in [0.15, 0.2) is 5.78 Å². The lowest BCUT2D eigenvalue weighted by Gasteiger charge is -2.23. The molecular weight excluding hydrogens is 392 g/mol. The molecule has 1 aliphatic rings. The number of ketones is 1. The van der Waals surface area contributed by atoms with Crippen LogP contribution in [0.1, 0.15) is 121 Å². The molecule has 5 heteroatoms. The number of benzene rings is 1. The fourth-order valence-corrected chi connectivity index (χ4v) is 4.10. The molecule has 5 nitrogen and oxygen atoms in total. The van der Waals surface area contributed by atoms with Gasteiger partial charge >= 0.3 is 5.97 Å². The van der Waals surface area contributed by atoms with Crippen LogP contribution in [-0.4, -0.2) is 23.0 Å². The van der Waals surface area contributed by atoms with Gasteiger partial charge in [0, 0.05) is 25.0 Å². The molecule has 0 saturated heterocycles. The lowest BCUT2D eigenvalue weighted by Crippen LogP contribution is -2.24. The van der Waals surface area contributed by atoms with E-state index in [2.05, 4.69) is 6.92 Å². The van der Waals surface area contributed by atoms with E-state index in [0.29, 0.717) is 6.42 Å². The predicted octanol–water partition coefficient (Wildman–Crippen LogP) is 7.13. The highest BCUT2D eigenvalue weighted by atomic mass is 16.5. The molecule has 0 aliphatic carbocycles. The van der Waals surface area contributed by atoms with E-state index in [-0.39, 0.29) is 47.1 Å². The van der Waals surface area contributed by atoms with Crippen molar-refractivity contribution < 1.29 is 24.2 Å². The number of fused-ring (bicyclic) bond motifs is 1. The molecular formula is C26H40O5. The first-order valence-corrected chi connectivity index (χ1v) is 12.3. The first kappa shape index (κ1) is 25.2. The molecule has 1 aliphatic heterocycles. The molecule has 0 amide bonds. The minimum atomic E-state index is -0.322. The summed E-state index contributed by atoms with van der Waals surface area (Å²) >= 11 is 0. The molecule has 0 spiro atoms. The summed E-state index contributed by atoms with van der Waals surface area (Å²) in [6, 6.07) is 2.84. The molecule has 31 heavy (non-hydrogen) atoms. The molecule has 0 bridgehead atoms. The molecule has 0 fully saturated rings. The molecule has 0 saturated carbocycles. The van der Waals surface area contributed by atoms with E-state index in [0.717, 1.165) is 19.3 Å². The largest absolute Gasteiger partial charge is 0.507 e. The van der Waals surface area contributed by atoms with Crippen molar-refractivity contribution in [1.82, 2.24) is 0 Å². The molecule has 174 valence electrons. The fraction of sp³-hybridized carbons (Fsp3) is 0.692. The summed E-state index contributed by atoms with van der Waals surface area (Å²) in [4.78, 5) is 24.2. The summed E-state index contributed by atoms with van der Waals surface area (Å²) in [6.07, 6.45) is 16.7. The molecule has 0 radical (unpaired) electrons.